The molecule has 0 aliphatic carbocycles. The van der Waals surface area contributed by atoms with Crippen LogP contribution in [0, 0.1) is 0 Å². The normalized spacial score (nSPS) is 19.8. The predicted octanol–water partition coefficient (Wildman–Crippen LogP) is 0.626. The third kappa shape index (κ3) is 2.02. The van der Waals surface area contributed by atoms with Crippen LogP contribution in [0.3, 0.4) is 0 Å². The van der Waals surface area contributed by atoms with E-state index in [0.29, 0.717) is 13.2 Å². The van der Waals surface area contributed by atoms with Crippen LogP contribution < -0.4 is 15.8 Å². The number of nitrogens with two attached hydrogens (primary N) is 1. The van der Waals surface area contributed by atoms with Crippen LogP contribution in [0.4, 0.5) is 0 Å². The van der Waals surface area contributed by atoms with Gasteiger partial charge in [0.2, 0.25) is 5.91 Å². The molecule has 0 spiro atoms. The van der Waals surface area contributed by atoms with Crippen molar-refractivity contribution in [2.75, 3.05) is 13.2 Å². The van der Waals surface area contributed by atoms with E-state index in [1.165, 1.54) is 0 Å². The molecule has 0 saturated carbocycles. The largest absolute Gasteiger partial charge is 0.492 e. The molecule has 2 unspecified atom stereocenters. The monoisotopic (exact) mass is 220 g/mol. The van der Waals surface area contributed by atoms with Gasteiger partial charge in [0, 0.05) is 18.2 Å². The van der Waals surface area contributed by atoms with Crippen molar-refractivity contribution >= 4 is 5.91 Å². The Morgan fingerprint density at radius 3 is 3.12 bits per heavy atom. The number of hydrogen-bond donors (Lipinski definition) is 2. The third-order valence-corrected chi connectivity index (χ3v) is 2.76. The first-order chi connectivity index (χ1) is 7.72. The lowest BCUT2D eigenvalue weighted by molar-refractivity contribution is -0.123. The van der Waals surface area contributed by atoms with Crippen LogP contribution in [0.5, 0.6) is 5.75 Å². The highest BCUT2D eigenvalue weighted by atomic mass is 16.5. The molecule has 0 bridgehead atoms. The summed E-state index contributed by atoms with van der Waals surface area (Å²) in [6, 6.07) is 7.64. The molecule has 1 aromatic carbocycles. The van der Waals surface area contributed by atoms with Crippen LogP contribution in [-0.4, -0.2) is 25.1 Å². The van der Waals surface area contributed by atoms with Crippen molar-refractivity contribution in [3.63, 3.8) is 0 Å². The van der Waals surface area contributed by atoms with Gasteiger partial charge in [-0.05, 0) is 13.0 Å². The number of carbonyl (C=O) groups is 1. The van der Waals surface area contributed by atoms with Gasteiger partial charge in [-0.2, -0.15) is 0 Å². The molecule has 1 heterocycles. The maximum absolute atomic E-state index is 11.9. The quantitative estimate of drug-likeness (QED) is 0.785. The van der Waals surface area contributed by atoms with Gasteiger partial charge in [-0.15, -0.1) is 0 Å². The number of ether oxygens (including phenoxy) is 1. The molecule has 3 N–H and O–H groups in total. The first-order valence-electron chi connectivity index (χ1n) is 5.44. The number of nitrogens with one attached hydrogen (secondary N) is 1. The molecule has 16 heavy (non-hydrogen) atoms. The Balaban J connectivity index is 2.10. The molecule has 1 aliphatic heterocycles. The van der Waals surface area contributed by atoms with E-state index in [-0.39, 0.29) is 17.9 Å². The second kappa shape index (κ2) is 4.53. The lowest BCUT2D eigenvalue weighted by Crippen LogP contribution is -2.40. The topological polar surface area (TPSA) is 64.3 Å². The summed E-state index contributed by atoms with van der Waals surface area (Å²) in [5, 5.41) is 2.87. The lowest BCUT2D eigenvalue weighted by Gasteiger charge is -2.14. The fraction of sp³-hybridized carbons (Fsp3) is 0.417. The first-order valence-corrected chi connectivity index (χ1v) is 5.44. The van der Waals surface area contributed by atoms with Crippen LogP contribution >= 0.6 is 0 Å². The molecule has 0 aromatic heterocycles. The fourth-order valence-electron chi connectivity index (χ4n) is 1.78. The summed E-state index contributed by atoms with van der Waals surface area (Å²) in [6.07, 6.45) is 0. The Morgan fingerprint density at radius 2 is 2.38 bits per heavy atom. The number of rotatable bonds is 3. The standard InChI is InChI=1S/C12H16N2O2/c1-8(6-13)14-12(15)10-7-16-11-5-3-2-4-9(10)11/h2-5,8,10H,6-7,13H2,1H3,(H,14,15). The summed E-state index contributed by atoms with van der Waals surface area (Å²) in [7, 11) is 0. The Hall–Kier alpha value is -1.55. The van der Waals surface area contributed by atoms with Gasteiger partial charge in [0.05, 0.1) is 0 Å². The van der Waals surface area contributed by atoms with Gasteiger partial charge in [-0.1, -0.05) is 18.2 Å². The summed E-state index contributed by atoms with van der Waals surface area (Å²) in [5.41, 5.74) is 6.43. The smallest absolute Gasteiger partial charge is 0.231 e. The Morgan fingerprint density at radius 1 is 1.62 bits per heavy atom. The molecule has 0 radical (unpaired) electrons. The van der Waals surface area contributed by atoms with E-state index in [2.05, 4.69) is 5.32 Å². The van der Waals surface area contributed by atoms with Crippen LogP contribution in [-0.2, 0) is 4.79 Å². The first kappa shape index (κ1) is 11.0. The molecule has 86 valence electrons. The molecule has 1 aliphatic rings. The Bertz CT molecular complexity index is 392. The van der Waals surface area contributed by atoms with Gasteiger partial charge in [0.25, 0.3) is 0 Å². The second-order valence-corrected chi connectivity index (χ2v) is 4.05. The van der Waals surface area contributed by atoms with E-state index in [9.17, 15) is 4.79 Å². The van der Waals surface area contributed by atoms with E-state index < -0.39 is 0 Å². The number of fused-ring (bicyclic) bond motifs is 1. The average molecular weight is 220 g/mol. The molecule has 0 fully saturated rings. The number of para-hydroxylation sites is 1. The van der Waals surface area contributed by atoms with Crippen molar-refractivity contribution in [2.45, 2.75) is 18.9 Å². The maximum Gasteiger partial charge on any atom is 0.231 e. The molecule has 4 heteroatoms. The van der Waals surface area contributed by atoms with Crippen molar-refractivity contribution in [3.05, 3.63) is 29.8 Å². The van der Waals surface area contributed by atoms with Gasteiger partial charge in [-0.25, -0.2) is 0 Å². The van der Waals surface area contributed by atoms with E-state index in [1.54, 1.807) is 0 Å². The molecule has 2 atom stereocenters. The zero-order valence-corrected chi connectivity index (χ0v) is 9.27. The summed E-state index contributed by atoms with van der Waals surface area (Å²) in [5.74, 6) is 0.594. The Labute approximate surface area is 94.8 Å². The minimum absolute atomic E-state index is 0.000243. The zero-order chi connectivity index (χ0) is 11.5. The second-order valence-electron chi connectivity index (χ2n) is 4.05. The summed E-state index contributed by atoms with van der Waals surface area (Å²) >= 11 is 0. The predicted molar refractivity (Wildman–Crippen MR) is 61.3 cm³/mol. The number of benzene rings is 1. The Kier molecular flexibility index (Phi) is 3.10. The average Bonchev–Trinajstić information content (AvgIpc) is 2.72. The van der Waals surface area contributed by atoms with Gasteiger partial charge in [-0.3, -0.25) is 4.79 Å². The number of carbonyl (C=O) groups excluding carboxylic acids is 1. The van der Waals surface area contributed by atoms with Crippen LogP contribution in [0.1, 0.15) is 18.4 Å². The minimum atomic E-state index is -0.204. The molecule has 0 saturated heterocycles. The molecule has 1 amide bonds. The van der Waals surface area contributed by atoms with Crippen LogP contribution in [0.2, 0.25) is 0 Å². The highest BCUT2D eigenvalue weighted by Gasteiger charge is 2.30. The third-order valence-electron chi connectivity index (χ3n) is 2.76. The molecule has 2 rings (SSSR count). The van der Waals surface area contributed by atoms with Crippen LogP contribution in [0.15, 0.2) is 24.3 Å². The van der Waals surface area contributed by atoms with E-state index >= 15 is 0 Å². The van der Waals surface area contributed by atoms with Gasteiger partial charge in [0.15, 0.2) is 0 Å². The van der Waals surface area contributed by atoms with E-state index in [4.69, 9.17) is 10.5 Å². The number of amides is 1. The molecule has 4 nitrogen and oxygen atoms in total. The van der Waals surface area contributed by atoms with Crippen molar-refractivity contribution in [3.8, 4) is 5.75 Å². The fourth-order valence-corrected chi connectivity index (χ4v) is 1.78. The van der Waals surface area contributed by atoms with Crippen molar-refractivity contribution < 1.29 is 9.53 Å². The van der Waals surface area contributed by atoms with E-state index in [0.717, 1.165) is 11.3 Å². The summed E-state index contributed by atoms with van der Waals surface area (Å²) in [6.45, 7) is 2.75. The van der Waals surface area contributed by atoms with Gasteiger partial charge >= 0.3 is 0 Å². The van der Waals surface area contributed by atoms with Gasteiger partial charge < -0.3 is 15.8 Å². The van der Waals surface area contributed by atoms with Crippen molar-refractivity contribution in [1.82, 2.24) is 5.32 Å². The lowest BCUT2D eigenvalue weighted by atomic mass is 10.0. The highest BCUT2D eigenvalue weighted by molar-refractivity contribution is 5.85. The van der Waals surface area contributed by atoms with Crippen molar-refractivity contribution in [2.24, 2.45) is 5.73 Å². The van der Waals surface area contributed by atoms with E-state index in [1.807, 2.05) is 31.2 Å². The zero-order valence-electron chi connectivity index (χ0n) is 9.27. The van der Waals surface area contributed by atoms with Crippen molar-refractivity contribution in [1.29, 1.82) is 0 Å². The molecular formula is C12H16N2O2. The number of hydrogen-bond acceptors (Lipinski definition) is 3. The summed E-state index contributed by atoms with van der Waals surface area (Å²) < 4.78 is 5.46. The maximum atomic E-state index is 11.9. The minimum Gasteiger partial charge on any atom is -0.492 e. The molecular weight excluding hydrogens is 204 g/mol. The summed E-state index contributed by atoms with van der Waals surface area (Å²) in [4.78, 5) is 11.9. The van der Waals surface area contributed by atoms with Crippen LogP contribution in [0.25, 0.3) is 0 Å². The highest BCUT2D eigenvalue weighted by Crippen LogP contribution is 2.33. The SMILES string of the molecule is CC(CN)NC(=O)C1COc2ccccc21. The molecule has 1 aromatic rings. The van der Waals surface area contributed by atoms with Gasteiger partial charge in [0.1, 0.15) is 18.3 Å².